The molecular weight excluding hydrogens is 298 g/mol. The molecule has 20 heavy (non-hydrogen) atoms. The van der Waals surface area contributed by atoms with Gasteiger partial charge in [-0.2, -0.15) is 0 Å². The van der Waals surface area contributed by atoms with Crippen molar-refractivity contribution in [1.82, 2.24) is 0 Å². The summed E-state index contributed by atoms with van der Waals surface area (Å²) in [6.07, 6.45) is 0. The van der Waals surface area contributed by atoms with E-state index in [1.54, 1.807) is 19.2 Å². The van der Waals surface area contributed by atoms with Gasteiger partial charge in [0.05, 0.1) is 22.0 Å². The number of aryl methyl sites for hydroxylation is 1. The molecular formula is C14H12ClNO3S. The minimum Gasteiger partial charge on any atom is -0.496 e. The van der Waals surface area contributed by atoms with E-state index in [0.29, 0.717) is 15.7 Å². The summed E-state index contributed by atoms with van der Waals surface area (Å²) in [7, 11) is 1.57. The summed E-state index contributed by atoms with van der Waals surface area (Å²) in [5.74, 6) is 0.662. The van der Waals surface area contributed by atoms with Crippen LogP contribution in [-0.2, 0) is 0 Å². The molecule has 0 atom stereocenters. The second kappa shape index (κ2) is 6.15. The lowest BCUT2D eigenvalue weighted by atomic mass is 10.2. The van der Waals surface area contributed by atoms with Crippen LogP contribution in [0.2, 0.25) is 5.02 Å². The molecule has 0 N–H and O–H groups in total. The maximum Gasteiger partial charge on any atom is 0.284 e. The molecule has 0 saturated heterocycles. The fourth-order valence-corrected chi connectivity index (χ4v) is 3.13. The van der Waals surface area contributed by atoms with Gasteiger partial charge in [0.2, 0.25) is 0 Å². The summed E-state index contributed by atoms with van der Waals surface area (Å²) in [4.78, 5) is 11.9. The van der Waals surface area contributed by atoms with E-state index in [2.05, 4.69) is 0 Å². The molecule has 0 spiro atoms. The molecule has 0 radical (unpaired) electrons. The van der Waals surface area contributed by atoms with Crippen LogP contribution in [0.25, 0.3) is 0 Å². The largest absolute Gasteiger partial charge is 0.496 e. The summed E-state index contributed by atoms with van der Waals surface area (Å²) in [5.41, 5.74) is 1.04. The Kier molecular flexibility index (Phi) is 4.52. The molecule has 0 saturated carbocycles. The first-order chi connectivity index (χ1) is 9.52. The van der Waals surface area contributed by atoms with Crippen LogP contribution in [-0.4, -0.2) is 12.0 Å². The minimum absolute atomic E-state index is 0.00828. The molecule has 2 aromatic carbocycles. The smallest absolute Gasteiger partial charge is 0.284 e. The molecule has 0 heterocycles. The molecule has 2 rings (SSSR count). The van der Waals surface area contributed by atoms with E-state index in [-0.39, 0.29) is 5.69 Å². The normalized spacial score (nSPS) is 10.3. The number of nitrogens with zero attached hydrogens (tertiary/aromatic N) is 1. The topological polar surface area (TPSA) is 52.4 Å². The SMILES string of the molecule is COc1ccc(C)cc1Sc1c(Cl)cccc1[N+](=O)[O-]. The molecule has 0 aliphatic rings. The van der Waals surface area contributed by atoms with E-state index in [9.17, 15) is 10.1 Å². The number of hydrogen-bond acceptors (Lipinski definition) is 4. The third-order valence-corrected chi connectivity index (χ3v) is 4.27. The molecule has 0 amide bonds. The third kappa shape index (κ3) is 3.05. The van der Waals surface area contributed by atoms with Crippen LogP contribution in [0.15, 0.2) is 46.2 Å². The van der Waals surface area contributed by atoms with E-state index >= 15 is 0 Å². The summed E-state index contributed by atoms with van der Waals surface area (Å²) >= 11 is 7.33. The van der Waals surface area contributed by atoms with E-state index in [1.807, 2.05) is 25.1 Å². The molecule has 0 aromatic heterocycles. The zero-order valence-corrected chi connectivity index (χ0v) is 12.5. The predicted molar refractivity (Wildman–Crippen MR) is 80.0 cm³/mol. The van der Waals surface area contributed by atoms with Gasteiger partial charge in [-0.3, -0.25) is 10.1 Å². The summed E-state index contributed by atoms with van der Waals surface area (Å²) < 4.78 is 5.28. The maximum atomic E-state index is 11.1. The van der Waals surface area contributed by atoms with E-state index in [1.165, 1.54) is 17.8 Å². The molecule has 4 nitrogen and oxygen atoms in total. The van der Waals surface area contributed by atoms with Crippen LogP contribution in [0.3, 0.4) is 0 Å². The molecule has 0 aliphatic heterocycles. The van der Waals surface area contributed by atoms with Gasteiger partial charge in [-0.05, 0) is 30.7 Å². The van der Waals surface area contributed by atoms with Gasteiger partial charge in [-0.25, -0.2) is 0 Å². The Morgan fingerprint density at radius 1 is 1.30 bits per heavy atom. The Morgan fingerprint density at radius 2 is 2.05 bits per heavy atom. The van der Waals surface area contributed by atoms with E-state index < -0.39 is 4.92 Å². The van der Waals surface area contributed by atoms with E-state index in [0.717, 1.165) is 10.5 Å². The molecule has 2 aromatic rings. The zero-order valence-electron chi connectivity index (χ0n) is 10.9. The Hall–Kier alpha value is -1.72. The van der Waals surface area contributed by atoms with Crippen molar-refractivity contribution in [2.24, 2.45) is 0 Å². The monoisotopic (exact) mass is 309 g/mol. The Labute approximate surface area is 125 Å². The molecule has 0 fully saturated rings. The van der Waals surface area contributed by atoms with Gasteiger partial charge < -0.3 is 4.74 Å². The molecule has 6 heteroatoms. The second-order valence-corrected chi connectivity index (χ2v) is 5.56. The lowest BCUT2D eigenvalue weighted by Crippen LogP contribution is -1.92. The van der Waals surface area contributed by atoms with Gasteiger partial charge in [-0.15, -0.1) is 0 Å². The van der Waals surface area contributed by atoms with Crippen LogP contribution in [0, 0.1) is 17.0 Å². The number of halogens is 1. The van der Waals surface area contributed by atoms with Crippen LogP contribution in [0.1, 0.15) is 5.56 Å². The van der Waals surface area contributed by atoms with Crippen molar-refractivity contribution in [3.05, 3.63) is 57.1 Å². The fourth-order valence-electron chi connectivity index (χ4n) is 1.72. The molecule has 104 valence electrons. The van der Waals surface area contributed by atoms with Crippen molar-refractivity contribution in [2.75, 3.05) is 7.11 Å². The second-order valence-electron chi connectivity index (χ2n) is 4.10. The average molecular weight is 310 g/mol. The molecule has 0 aliphatic carbocycles. The van der Waals surface area contributed by atoms with Crippen LogP contribution >= 0.6 is 23.4 Å². The zero-order chi connectivity index (χ0) is 14.7. The number of rotatable bonds is 4. The predicted octanol–water partition coefficient (Wildman–Crippen LogP) is 4.72. The summed E-state index contributed by atoms with van der Waals surface area (Å²) in [6.45, 7) is 1.95. The fraction of sp³-hybridized carbons (Fsp3) is 0.143. The van der Waals surface area contributed by atoms with Gasteiger partial charge in [0.25, 0.3) is 5.69 Å². The highest BCUT2D eigenvalue weighted by Crippen LogP contribution is 2.43. The first kappa shape index (κ1) is 14.7. The molecule has 0 unspecified atom stereocenters. The standard InChI is InChI=1S/C14H12ClNO3S/c1-9-6-7-12(19-2)13(8-9)20-14-10(15)4-3-5-11(14)16(17)18/h3-8H,1-2H3. The Morgan fingerprint density at radius 3 is 2.70 bits per heavy atom. The van der Waals surface area contributed by atoms with Crippen molar-refractivity contribution in [3.8, 4) is 5.75 Å². The summed E-state index contributed by atoms with van der Waals surface area (Å²) in [6, 6.07) is 10.3. The first-order valence-corrected chi connectivity index (χ1v) is 6.97. The summed E-state index contributed by atoms with van der Waals surface area (Å²) in [5, 5.41) is 11.4. The number of nitro groups is 1. The van der Waals surface area contributed by atoms with E-state index in [4.69, 9.17) is 16.3 Å². The molecule has 0 bridgehead atoms. The number of ether oxygens (including phenoxy) is 1. The van der Waals surface area contributed by atoms with Crippen molar-refractivity contribution in [1.29, 1.82) is 0 Å². The van der Waals surface area contributed by atoms with Crippen molar-refractivity contribution >= 4 is 29.1 Å². The lowest BCUT2D eigenvalue weighted by Gasteiger charge is -2.10. The Balaban J connectivity index is 2.50. The quantitative estimate of drug-likeness (QED) is 0.606. The number of methoxy groups -OCH3 is 1. The van der Waals surface area contributed by atoms with Gasteiger partial charge in [0.1, 0.15) is 10.6 Å². The maximum absolute atomic E-state index is 11.1. The van der Waals surface area contributed by atoms with Gasteiger partial charge in [-0.1, -0.05) is 35.5 Å². The van der Waals surface area contributed by atoms with Crippen molar-refractivity contribution in [3.63, 3.8) is 0 Å². The van der Waals surface area contributed by atoms with Gasteiger partial charge >= 0.3 is 0 Å². The van der Waals surface area contributed by atoms with Gasteiger partial charge in [0, 0.05) is 6.07 Å². The van der Waals surface area contributed by atoms with Crippen molar-refractivity contribution < 1.29 is 9.66 Å². The highest BCUT2D eigenvalue weighted by atomic mass is 35.5. The third-order valence-electron chi connectivity index (χ3n) is 2.67. The van der Waals surface area contributed by atoms with Crippen LogP contribution < -0.4 is 4.74 Å². The van der Waals surface area contributed by atoms with Crippen LogP contribution in [0.4, 0.5) is 5.69 Å². The van der Waals surface area contributed by atoms with Gasteiger partial charge in [0.15, 0.2) is 0 Å². The van der Waals surface area contributed by atoms with Crippen LogP contribution in [0.5, 0.6) is 5.75 Å². The number of nitro benzene ring substituents is 1. The number of hydrogen-bond donors (Lipinski definition) is 0. The Bertz CT molecular complexity index is 661. The van der Waals surface area contributed by atoms with Crippen molar-refractivity contribution in [2.45, 2.75) is 16.7 Å². The average Bonchev–Trinajstić information content (AvgIpc) is 2.41. The first-order valence-electron chi connectivity index (χ1n) is 5.78. The number of benzene rings is 2. The minimum atomic E-state index is -0.434. The lowest BCUT2D eigenvalue weighted by molar-refractivity contribution is -0.387. The highest BCUT2D eigenvalue weighted by Gasteiger charge is 2.19. The highest BCUT2D eigenvalue weighted by molar-refractivity contribution is 7.99.